The van der Waals surface area contributed by atoms with Gasteiger partial charge in [-0.05, 0) is 36.4 Å². The van der Waals surface area contributed by atoms with E-state index in [1.54, 1.807) is 13.4 Å². The lowest BCUT2D eigenvalue weighted by atomic mass is 10.2. The first kappa shape index (κ1) is 14.1. The number of rotatable bonds is 3. The van der Waals surface area contributed by atoms with E-state index in [0.29, 0.717) is 0 Å². The van der Waals surface area contributed by atoms with Gasteiger partial charge in [-0.3, -0.25) is 0 Å². The van der Waals surface area contributed by atoms with Gasteiger partial charge in [0.25, 0.3) is 0 Å². The highest BCUT2D eigenvalue weighted by Gasteiger charge is 2.03. The van der Waals surface area contributed by atoms with E-state index in [0.717, 1.165) is 28.2 Å². The van der Waals surface area contributed by atoms with Gasteiger partial charge in [0.15, 0.2) is 0 Å². The van der Waals surface area contributed by atoms with Crippen molar-refractivity contribution in [3.63, 3.8) is 0 Å². The Kier molecular flexibility index (Phi) is 4.38. The molecular weight excluding hydrogens is 274 g/mol. The third kappa shape index (κ3) is 2.81. The number of aromatic nitrogens is 2. The van der Waals surface area contributed by atoms with Gasteiger partial charge < -0.3 is 22.5 Å². The van der Waals surface area contributed by atoms with Crippen molar-refractivity contribution in [3.8, 4) is 5.75 Å². The summed E-state index contributed by atoms with van der Waals surface area (Å²) < 4.78 is 5.14. The zero-order valence-electron chi connectivity index (χ0n) is 10.9. The van der Waals surface area contributed by atoms with Crippen LogP contribution in [0.25, 0.3) is 10.9 Å². The summed E-state index contributed by atoms with van der Waals surface area (Å²) in [5, 5.41) is 4.29. The predicted octanol–water partition coefficient (Wildman–Crippen LogP) is 0.386. The summed E-state index contributed by atoms with van der Waals surface area (Å²) in [6, 6.07) is 15.6. The second-order valence-electron chi connectivity index (χ2n) is 4.09. The molecule has 1 N–H and O–H groups in total. The molecule has 0 saturated heterocycles. The first-order chi connectivity index (χ1) is 9.36. The molecule has 0 aliphatic carbocycles. The molecule has 0 unspecified atom stereocenters. The molecule has 0 saturated carbocycles. The second-order valence-corrected chi connectivity index (χ2v) is 4.09. The van der Waals surface area contributed by atoms with Crippen molar-refractivity contribution in [2.75, 3.05) is 12.4 Å². The summed E-state index contributed by atoms with van der Waals surface area (Å²) >= 11 is 0. The van der Waals surface area contributed by atoms with Crippen molar-refractivity contribution >= 4 is 22.4 Å². The van der Waals surface area contributed by atoms with Gasteiger partial charge in [-0.25, -0.2) is 9.97 Å². The largest absolute Gasteiger partial charge is 1.00 e. The molecule has 1 heterocycles. The molecular formula is C15H13ClN3O-. The summed E-state index contributed by atoms with van der Waals surface area (Å²) in [5.74, 6) is 1.63. The number of nitrogens with zero attached hydrogens (tertiary/aromatic N) is 2. The van der Waals surface area contributed by atoms with E-state index in [2.05, 4.69) is 15.3 Å². The number of hydrogen-bond acceptors (Lipinski definition) is 4. The third-order valence-corrected chi connectivity index (χ3v) is 2.90. The first-order valence-electron chi connectivity index (χ1n) is 5.97. The smallest absolute Gasteiger partial charge is 0.141 e. The number of anilines is 2. The van der Waals surface area contributed by atoms with Gasteiger partial charge in [0.1, 0.15) is 17.9 Å². The van der Waals surface area contributed by atoms with Gasteiger partial charge in [-0.2, -0.15) is 0 Å². The van der Waals surface area contributed by atoms with Crippen LogP contribution in [0.1, 0.15) is 0 Å². The molecule has 0 amide bonds. The number of fused-ring (bicyclic) bond motifs is 1. The third-order valence-electron chi connectivity index (χ3n) is 2.90. The molecule has 0 aliphatic heterocycles. The topological polar surface area (TPSA) is 47.0 Å². The van der Waals surface area contributed by atoms with Crippen LogP contribution in [0.5, 0.6) is 5.75 Å². The molecule has 0 radical (unpaired) electrons. The van der Waals surface area contributed by atoms with Crippen LogP contribution < -0.4 is 22.5 Å². The Hall–Kier alpha value is -2.33. The molecule has 102 valence electrons. The average molecular weight is 287 g/mol. The summed E-state index contributed by atoms with van der Waals surface area (Å²) in [6.45, 7) is 0. The number of ether oxygens (including phenoxy) is 1. The van der Waals surface area contributed by atoms with Gasteiger partial charge in [0, 0.05) is 11.1 Å². The zero-order chi connectivity index (χ0) is 13.1. The van der Waals surface area contributed by atoms with E-state index in [9.17, 15) is 0 Å². The van der Waals surface area contributed by atoms with Crippen molar-refractivity contribution < 1.29 is 17.1 Å². The predicted molar refractivity (Wildman–Crippen MR) is 75.8 cm³/mol. The maximum Gasteiger partial charge on any atom is 0.141 e. The summed E-state index contributed by atoms with van der Waals surface area (Å²) in [5.41, 5.74) is 1.89. The standard InChI is InChI=1S/C15H13N3O.ClH/c1-19-12-8-6-11(7-9-12)18-15-13-4-2-3-5-14(13)16-10-17-15;/h2-10H,1H3,(H,16,17,18);1H/p-1. The Morgan fingerprint density at radius 1 is 0.950 bits per heavy atom. The number of halogens is 1. The fraction of sp³-hybridized carbons (Fsp3) is 0.0667. The highest BCUT2D eigenvalue weighted by Crippen LogP contribution is 2.23. The van der Waals surface area contributed by atoms with Gasteiger partial charge in [0.2, 0.25) is 0 Å². The molecule has 0 aliphatic rings. The SMILES string of the molecule is COc1ccc(Nc2ncnc3ccccc23)cc1.[Cl-]. The fourth-order valence-electron chi connectivity index (χ4n) is 1.92. The van der Waals surface area contributed by atoms with Crippen molar-refractivity contribution in [3.05, 3.63) is 54.9 Å². The number of benzene rings is 2. The van der Waals surface area contributed by atoms with Gasteiger partial charge in [0.05, 0.1) is 12.6 Å². The zero-order valence-corrected chi connectivity index (χ0v) is 11.6. The highest BCUT2D eigenvalue weighted by atomic mass is 35.5. The summed E-state index contributed by atoms with van der Waals surface area (Å²) in [7, 11) is 1.65. The normalized spacial score (nSPS) is 9.85. The Morgan fingerprint density at radius 2 is 1.70 bits per heavy atom. The Balaban J connectivity index is 0.00000147. The molecule has 1 aromatic heterocycles. The van der Waals surface area contributed by atoms with Crippen LogP contribution in [-0.2, 0) is 0 Å². The Bertz CT molecular complexity index is 696. The molecule has 0 bridgehead atoms. The van der Waals surface area contributed by atoms with Crippen LogP contribution in [0.3, 0.4) is 0 Å². The number of nitrogens with one attached hydrogen (secondary N) is 1. The minimum absolute atomic E-state index is 0. The first-order valence-corrected chi connectivity index (χ1v) is 5.97. The molecule has 4 nitrogen and oxygen atoms in total. The lowest BCUT2D eigenvalue weighted by molar-refractivity contribution is -0.00000418. The monoisotopic (exact) mass is 286 g/mol. The van der Waals surface area contributed by atoms with Crippen molar-refractivity contribution in [2.24, 2.45) is 0 Å². The van der Waals surface area contributed by atoms with E-state index in [1.807, 2.05) is 48.5 Å². The second kappa shape index (κ2) is 6.21. The molecule has 0 fully saturated rings. The summed E-state index contributed by atoms with van der Waals surface area (Å²) in [4.78, 5) is 8.53. The van der Waals surface area contributed by atoms with Crippen molar-refractivity contribution in [1.82, 2.24) is 9.97 Å². The van der Waals surface area contributed by atoms with Crippen LogP contribution in [0, 0.1) is 0 Å². The fourth-order valence-corrected chi connectivity index (χ4v) is 1.92. The average Bonchev–Trinajstić information content (AvgIpc) is 2.48. The number of methoxy groups -OCH3 is 1. The van der Waals surface area contributed by atoms with E-state index in [-0.39, 0.29) is 12.4 Å². The summed E-state index contributed by atoms with van der Waals surface area (Å²) in [6.07, 6.45) is 1.56. The molecule has 0 spiro atoms. The molecule has 3 rings (SSSR count). The van der Waals surface area contributed by atoms with E-state index < -0.39 is 0 Å². The molecule has 2 aromatic carbocycles. The van der Waals surface area contributed by atoms with E-state index >= 15 is 0 Å². The lowest BCUT2D eigenvalue weighted by Gasteiger charge is -2.08. The van der Waals surface area contributed by atoms with Gasteiger partial charge in [-0.1, -0.05) is 12.1 Å². The lowest BCUT2D eigenvalue weighted by Crippen LogP contribution is -3.00. The maximum absolute atomic E-state index is 5.14. The van der Waals surface area contributed by atoms with Crippen LogP contribution in [0.4, 0.5) is 11.5 Å². The minimum atomic E-state index is 0. The number of hydrogen-bond donors (Lipinski definition) is 1. The highest BCUT2D eigenvalue weighted by molar-refractivity contribution is 5.90. The van der Waals surface area contributed by atoms with E-state index in [1.165, 1.54) is 0 Å². The molecule has 3 aromatic rings. The van der Waals surface area contributed by atoms with Gasteiger partial charge in [-0.15, -0.1) is 0 Å². The molecule has 20 heavy (non-hydrogen) atoms. The van der Waals surface area contributed by atoms with Crippen LogP contribution in [0.15, 0.2) is 54.9 Å². The van der Waals surface area contributed by atoms with Crippen LogP contribution in [-0.4, -0.2) is 17.1 Å². The van der Waals surface area contributed by atoms with Crippen LogP contribution in [0.2, 0.25) is 0 Å². The molecule has 0 atom stereocenters. The van der Waals surface area contributed by atoms with Crippen molar-refractivity contribution in [2.45, 2.75) is 0 Å². The Labute approximate surface area is 123 Å². The molecule has 5 heteroatoms. The Morgan fingerprint density at radius 3 is 2.45 bits per heavy atom. The quantitative estimate of drug-likeness (QED) is 0.756. The van der Waals surface area contributed by atoms with Crippen molar-refractivity contribution in [1.29, 1.82) is 0 Å². The maximum atomic E-state index is 5.14. The van der Waals surface area contributed by atoms with E-state index in [4.69, 9.17) is 4.74 Å². The van der Waals surface area contributed by atoms with Crippen LogP contribution >= 0.6 is 0 Å². The number of para-hydroxylation sites is 1. The minimum Gasteiger partial charge on any atom is -1.00 e. The van der Waals surface area contributed by atoms with Gasteiger partial charge >= 0.3 is 0 Å².